The largest absolute Gasteiger partial charge is 0.0835 e. The lowest BCUT2D eigenvalue weighted by atomic mass is 9.66. The average molecular weight is 388 g/mol. The van der Waals surface area contributed by atoms with Crippen LogP contribution in [0.15, 0.2) is 16.6 Å². The molecule has 1 aliphatic rings. The fraction of sp³-hybridized carbons (Fsp3) is 0.647. The maximum absolute atomic E-state index is 4.02. The molecule has 0 bridgehead atoms. The monoisotopic (exact) mass is 386 g/mol. The van der Waals surface area contributed by atoms with E-state index in [1.807, 2.05) is 0 Å². The highest BCUT2D eigenvalue weighted by atomic mass is 79.9. The molecule has 0 nitrogen and oxygen atoms in total. The van der Waals surface area contributed by atoms with E-state index in [9.17, 15) is 0 Å². The maximum atomic E-state index is 4.02. The summed E-state index contributed by atoms with van der Waals surface area (Å²) in [5.74, 6) is 0.737. The van der Waals surface area contributed by atoms with Gasteiger partial charge in [-0.3, -0.25) is 0 Å². The maximum Gasteiger partial charge on any atom is 0.0431 e. The van der Waals surface area contributed by atoms with Crippen molar-refractivity contribution in [3.8, 4) is 0 Å². The molecule has 0 spiro atoms. The lowest BCUT2D eigenvalue weighted by molar-refractivity contribution is 0.136. The molecular weight excluding hydrogens is 364 g/mol. The Morgan fingerprint density at radius 2 is 1.84 bits per heavy atom. The van der Waals surface area contributed by atoms with Crippen molar-refractivity contribution in [2.75, 3.05) is 0 Å². The third-order valence-corrected chi connectivity index (χ3v) is 6.77. The van der Waals surface area contributed by atoms with Gasteiger partial charge in [-0.15, -0.1) is 0 Å². The van der Waals surface area contributed by atoms with Gasteiger partial charge >= 0.3 is 0 Å². The Morgan fingerprint density at radius 3 is 2.47 bits per heavy atom. The summed E-state index contributed by atoms with van der Waals surface area (Å²) >= 11 is 7.65. The minimum Gasteiger partial charge on any atom is -0.0835 e. The van der Waals surface area contributed by atoms with Crippen LogP contribution in [0.4, 0.5) is 0 Å². The number of hydrogen-bond acceptors (Lipinski definition) is 0. The normalized spacial score (nSPS) is 24.2. The molecule has 1 aromatic carbocycles. The Kier molecular flexibility index (Phi) is 4.83. The van der Waals surface area contributed by atoms with Crippen molar-refractivity contribution in [2.45, 2.75) is 58.2 Å². The van der Waals surface area contributed by atoms with Crippen LogP contribution in [0.3, 0.4) is 0 Å². The molecule has 1 aliphatic carbocycles. The fourth-order valence-corrected chi connectivity index (χ4v) is 5.31. The molecule has 0 heterocycles. The molecule has 0 saturated heterocycles. The van der Waals surface area contributed by atoms with Crippen LogP contribution in [-0.2, 0) is 0 Å². The summed E-state index contributed by atoms with van der Waals surface area (Å²) in [5, 5.41) is 0. The minimum absolute atomic E-state index is 0.444. The lowest BCUT2D eigenvalue weighted by Crippen LogP contribution is -2.31. The van der Waals surface area contributed by atoms with E-state index in [1.54, 1.807) is 0 Å². The molecule has 0 aliphatic heterocycles. The van der Waals surface area contributed by atoms with Gasteiger partial charge in [0.2, 0.25) is 0 Å². The fourth-order valence-electron chi connectivity index (χ4n) is 3.38. The lowest BCUT2D eigenvalue weighted by Gasteiger charge is -2.42. The number of aryl methyl sites for hydroxylation is 2. The molecular formula is C17H24Br2. The third kappa shape index (κ3) is 3.26. The Balaban J connectivity index is 2.33. The first-order chi connectivity index (χ1) is 8.83. The number of alkyl halides is 1. The van der Waals surface area contributed by atoms with Gasteiger partial charge in [-0.25, -0.2) is 0 Å². The van der Waals surface area contributed by atoms with Gasteiger partial charge in [0.05, 0.1) is 0 Å². The zero-order chi connectivity index (χ0) is 14.2. The Bertz CT molecular complexity index is 463. The summed E-state index contributed by atoms with van der Waals surface area (Å²) in [4.78, 5) is 0.481. The predicted molar refractivity (Wildman–Crippen MR) is 91.0 cm³/mol. The highest BCUT2D eigenvalue weighted by Gasteiger charge is 2.37. The van der Waals surface area contributed by atoms with Crippen LogP contribution in [0, 0.1) is 25.2 Å². The minimum atomic E-state index is 0.444. The first-order valence-electron chi connectivity index (χ1n) is 7.23. The SMILES string of the molecule is Cc1cc(C(Br)C2CCCCC2(C)C)c(C)cc1Br. The highest BCUT2D eigenvalue weighted by molar-refractivity contribution is 9.10. The van der Waals surface area contributed by atoms with Crippen LogP contribution >= 0.6 is 31.9 Å². The molecule has 1 fully saturated rings. The van der Waals surface area contributed by atoms with E-state index in [2.05, 4.69) is 71.7 Å². The van der Waals surface area contributed by atoms with E-state index in [4.69, 9.17) is 0 Å². The third-order valence-electron chi connectivity index (χ3n) is 4.79. The Labute approximate surface area is 134 Å². The van der Waals surface area contributed by atoms with Crippen LogP contribution in [0.5, 0.6) is 0 Å². The van der Waals surface area contributed by atoms with Crippen LogP contribution in [0.1, 0.15) is 61.0 Å². The molecule has 0 radical (unpaired) electrons. The molecule has 0 N–H and O–H groups in total. The first kappa shape index (κ1) is 15.6. The standard InChI is InChI=1S/C17H24Br2/c1-11-10-15(18)12(2)9-13(11)16(19)14-7-5-6-8-17(14,3)4/h9-10,14,16H,5-8H2,1-4H3. The first-order valence-corrected chi connectivity index (χ1v) is 8.94. The van der Waals surface area contributed by atoms with Gasteiger partial charge in [0, 0.05) is 9.30 Å². The summed E-state index contributed by atoms with van der Waals surface area (Å²) < 4.78 is 1.22. The van der Waals surface area contributed by atoms with Crippen molar-refractivity contribution in [2.24, 2.45) is 11.3 Å². The number of benzene rings is 1. The van der Waals surface area contributed by atoms with Gasteiger partial charge in [0.25, 0.3) is 0 Å². The van der Waals surface area contributed by atoms with Crippen LogP contribution in [-0.4, -0.2) is 0 Å². The summed E-state index contributed by atoms with van der Waals surface area (Å²) in [6, 6.07) is 4.61. The molecule has 0 aromatic heterocycles. The van der Waals surface area contributed by atoms with Crippen molar-refractivity contribution in [3.05, 3.63) is 33.3 Å². The Hall–Kier alpha value is 0.180. The number of hydrogen-bond donors (Lipinski definition) is 0. The van der Waals surface area contributed by atoms with E-state index < -0.39 is 0 Å². The molecule has 2 heteroatoms. The second-order valence-corrected chi connectivity index (χ2v) is 8.54. The zero-order valence-electron chi connectivity index (χ0n) is 12.4. The van der Waals surface area contributed by atoms with E-state index in [-0.39, 0.29) is 0 Å². The van der Waals surface area contributed by atoms with Gasteiger partial charge in [-0.05, 0) is 60.8 Å². The smallest absolute Gasteiger partial charge is 0.0431 e. The molecule has 2 rings (SSSR count). The molecule has 2 atom stereocenters. The average Bonchev–Trinajstić information content (AvgIpc) is 2.32. The van der Waals surface area contributed by atoms with Gasteiger partial charge < -0.3 is 0 Å². The van der Waals surface area contributed by atoms with Crippen LogP contribution in [0.2, 0.25) is 0 Å². The second-order valence-electron chi connectivity index (χ2n) is 6.70. The van der Waals surface area contributed by atoms with E-state index in [0.29, 0.717) is 10.2 Å². The van der Waals surface area contributed by atoms with Gasteiger partial charge in [0.15, 0.2) is 0 Å². The number of halogens is 2. The summed E-state index contributed by atoms with van der Waals surface area (Å²) in [6.07, 6.45) is 5.47. The molecule has 2 unspecified atom stereocenters. The van der Waals surface area contributed by atoms with E-state index in [0.717, 1.165) is 5.92 Å². The summed E-state index contributed by atoms with van der Waals surface area (Å²) in [5.41, 5.74) is 4.64. The van der Waals surface area contributed by atoms with E-state index >= 15 is 0 Å². The van der Waals surface area contributed by atoms with Crippen LogP contribution in [0.25, 0.3) is 0 Å². The topological polar surface area (TPSA) is 0 Å². The van der Waals surface area contributed by atoms with Crippen molar-refractivity contribution in [1.29, 1.82) is 0 Å². The highest BCUT2D eigenvalue weighted by Crippen LogP contribution is 2.50. The van der Waals surface area contributed by atoms with Crippen molar-refractivity contribution < 1.29 is 0 Å². The predicted octanol–water partition coefficient (Wildman–Crippen LogP) is 6.72. The number of rotatable bonds is 2. The van der Waals surface area contributed by atoms with Gasteiger partial charge in [-0.2, -0.15) is 0 Å². The van der Waals surface area contributed by atoms with E-state index in [1.165, 1.54) is 46.8 Å². The molecule has 1 saturated carbocycles. The molecule has 1 aromatic rings. The van der Waals surface area contributed by atoms with Crippen LogP contribution < -0.4 is 0 Å². The summed E-state index contributed by atoms with van der Waals surface area (Å²) in [6.45, 7) is 9.28. The second kappa shape index (κ2) is 5.89. The van der Waals surface area contributed by atoms with Gasteiger partial charge in [-0.1, -0.05) is 64.6 Å². The van der Waals surface area contributed by atoms with Crippen molar-refractivity contribution in [1.82, 2.24) is 0 Å². The molecule has 0 amide bonds. The molecule has 106 valence electrons. The van der Waals surface area contributed by atoms with Crippen molar-refractivity contribution in [3.63, 3.8) is 0 Å². The van der Waals surface area contributed by atoms with Crippen molar-refractivity contribution >= 4 is 31.9 Å². The van der Waals surface area contributed by atoms with Gasteiger partial charge in [0.1, 0.15) is 0 Å². The Morgan fingerprint density at radius 1 is 1.16 bits per heavy atom. The quantitative estimate of drug-likeness (QED) is 0.494. The molecule has 19 heavy (non-hydrogen) atoms. The zero-order valence-corrected chi connectivity index (χ0v) is 15.6. The summed E-state index contributed by atoms with van der Waals surface area (Å²) in [7, 11) is 0.